The number of rotatable bonds is 18. The van der Waals surface area contributed by atoms with Gasteiger partial charge in [-0.15, -0.1) is 0 Å². The molecule has 26 heavy (non-hydrogen) atoms. The molecule has 0 aromatic rings. The maximum Gasteiger partial charge on any atom is 0.169 e. The van der Waals surface area contributed by atoms with Gasteiger partial charge >= 0.3 is 0 Å². The van der Waals surface area contributed by atoms with Gasteiger partial charge in [0.15, 0.2) is 5.57 Å². The maximum absolute atomic E-state index is 8.69. The van der Waals surface area contributed by atoms with E-state index in [0.29, 0.717) is 0 Å². The molecule has 4 nitrogen and oxygen atoms in total. The highest BCUT2D eigenvalue weighted by Crippen LogP contribution is 2.13. The molecule has 0 amide bonds. The van der Waals surface area contributed by atoms with Crippen LogP contribution >= 0.6 is 0 Å². The van der Waals surface area contributed by atoms with Crippen LogP contribution in [0.5, 0.6) is 0 Å². The molecule has 0 aliphatic carbocycles. The zero-order valence-corrected chi connectivity index (χ0v) is 17.0. The summed E-state index contributed by atoms with van der Waals surface area (Å²) in [5.74, 6) is 0.205. The van der Waals surface area contributed by atoms with Crippen LogP contribution in [0.3, 0.4) is 0 Å². The summed E-state index contributed by atoms with van der Waals surface area (Å²) in [6.07, 6.45) is 21.6. The van der Waals surface area contributed by atoms with E-state index in [1.807, 2.05) is 0 Å². The maximum atomic E-state index is 8.69. The average Bonchev–Trinajstić information content (AvgIpc) is 2.65. The fourth-order valence-corrected chi connectivity index (χ4v) is 3.13. The van der Waals surface area contributed by atoms with Gasteiger partial charge < -0.3 is 11.1 Å². The van der Waals surface area contributed by atoms with Gasteiger partial charge in [0.25, 0.3) is 0 Å². The number of nitrogens with one attached hydrogen (secondary N) is 1. The lowest BCUT2D eigenvalue weighted by Crippen LogP contribution is -2.22. The van der Waals surface area contributed by atoms with E-state index >= 15 is 0 Å². The Balaban J connectivity index is 3.22. The number of unbranched alkanes of at least 4 members (excludes halogenated alkanes) is 15. The summed E-state index contributed by atoms with van der Waals surface area (Å²) in [4.78, 5) is 0. The van der Waals surface area contributed by atoms with Gasteiger partial charge in [0.1, 0.15) is 18.0 Å². The predicted octanol–water partition coefficient (Wildman–Crippen LogP) is 6.05. The number of hydrogen-bond donors (Lipinski definition) is 2. The molecule has 4 heteroatoms. The van der Waals surface area contributed by atoms with E-state index < -0.39 is 0 Å². The molecule has 0 radical (unpaired) electrons. The molecule has 0 heterocycles. The second-order valence-corrected chi connectivity index (χ2v) is 7.24. The standard InChI is InChI=1S/C22H40N4/c1-2-3-4-5-6-7-8-9-10-11-12-13-14-15-16-17-18-26-22(25)21(19-23)20-24/h26H,2-18,25H2,1H3. The molecule has 0 spiro atoms. The second kappa shape index (κ2) is 19.6. The quantitative estimate of drug-likeness (QED) is 0.230. The Labute approximate surface area is 161 Å². The van der Waals surface area contributed by atoms with Crippen molar-refractivity contribution in [3.63, 3.8) is 0 Å². The molecule has 3 N–H and O–H groups in total. The molecular formula is C22H40N4. The van der Waals surface area contributed by atoms with E-state index in [1.54, 1.807) is 12.1 Å². The fraction of sp³-hybridized carbons (Fsp3) is 0.818. The number of allylic oxidation sites excluding steroid dienone is 1. The van der Waals surface area contributed by atoms with Gasteiger partial charge in [-0.1, -0.05) is 103 Å². The topological polar surface area (TPSA) is 85.6 Å². The Morgan fingerprint density at radius 3 is 1.35 bits per heavy atom. The van der Waals surface area contributed by atoms with Crippen LogP contribution in [0, 0.1) is 22.7 Å². The molecule has 0 rings (SSSR count). The van der Waals surface area contributed by atoms with E-state index in [0.717, 1.165) is 13.0 Å². The first-order valence-electron chi connectivity index (χ1n) is 10.8. The molecule has 0 aliphatic rings. The summed E-state index contributed by atoms with van der Waals surface area (Å²) < 4.78 is 0. The third-order valence-corrected chi connectivity index (χ3v) is 4.84. The summed E-state index contributed by atoms with van der Waals surface area (Å²) in [6, 6.07) is 3.58. The minimum absolute atomic E-state index is 0.0264. The van der Waals surface area contributed by atoms with Crippen molar-refractivity contribution in [3.8, 4) is 12.1 Å². The zero-order valence-electron chi connectivity index (χ0n) is 17.0. The van der Waals surface area contributed by atoms with Crippen LogP contribution in [0.4, 0.5) is 0 Å². The van der Waals surface area contributed by atoms with Crippen LogP contribution in [-0.2, 0) is 0 Å². The van der Waals surface area contributed by atoms with Crippen LogP contribution < -0.4 is 11.1 Å². The summed E-state index contributed by atoms with van der Waals surface area (Å²) >= 11 is 0. The second-order valence-electron chi connectivity index (χ2n) is 7.24. The molecule has 0 aromatic heterocycles. The van der Waals surface area contributed by atoms with Crippen molar-refractivity contribution in [1.29, 1.82) is 10.5 Å². The fourth-order valence-electron chi connectivity index (χ4n) is 3.13. The normalized spacial score (nSPS) is 10.1. The zero-order chi connectivity index (χ0) is 19.3. The number of hydrogen-bond acceptors (Lipinski definition) is 4. The van der Waals surface area contributed by atoms with Crippen LogP contribution in [-0.4, -0.2) is 6.54 Å². The van der Waals surface area contributed by atoms with Crippen molar-refractivity contribution in [2.24, 2.45) is 5.73 Å². The molecule has 0 bridgehead atoms. The lowest BCUT2D eigenvalue weighted by Gasteiger charge is -2.06. The number of nitriles is 2. The number of nitrogens with zero attached hydrogens (tertiary/aromatic N) is 2. The Kier molecular flexibility index (Phi) is 18.4. The van der Waals surface area contributed by atoms with Gasteiger partial charge in [-0.25, -0.2) is 0 Å². The van der Waals surface area contributed by atoms with Crippen molar-refractivity contribution in [1.82, 2.24) is 5.32 Å². The van der Waals surface area contributed by atoms with Gasteiger partial charge in [0.2, 0.25) is 0 Å². The molecule has 0 aromatic carbocycles. The first kappa shape index (κ1) is 24.3. The van der Waals surface area contributed by atoms with Crippen molar-refractivity contribution in [2.75, 3.05) is 6.54 Å². The van der Waals surface area contributed by atoms with E-state index in [1.165, 1.54) is 96.3 Å². The summed E-state index contributed by atoms with van der Waals surface area (Å²) in [6.45, 7) is 3.01. The molecule has 0 saturated carbocycles. The van der Waals surface area contributed by atoms with E-state index in [4.69, 9.17) is 16.3 Å². The lowest BCUT2D eigenvalue weighted by molar-refractivity contribution is 0.528. The Morgan fingerprint density at radius 2 is 1.00 bits per heavy atom. The molecule has 0 aliphatic heterocycles. The molecular weight excluding hydrogens is 320 g/mol. The van der Waals surface area contributed by atoms with E-state index in [9.17, 15) is 0 Å². The summed E-state index contributed by atoms with van der Waals surface area (Å²) in [7, 11) is 0. The number of nitrogens with two attached hydrogens (primary N) is 1. The van der Waals surface area contributed by atoms with Gasteiger partial charge in [-0.3, -0.25) is 0 Å². The highest BCUT2D eigenvalue weighted by atomic mass is 15.0. The Hall–Kier alpha value is -1.68. The van der Waals surface area contributed by atoms with E-state index in [2.05, 4.69) is 12.2 Å². The van der Waals surface area contributed by atoms with Gasteiger partial charge in [-0.2, -0.15) is 10.5 Å². The molecule has 0 unspecified atom stereocenters. The first-order valence-corrected chi connectivity index (χ1v) is 10.8. The Morgan fingerprint density at radius 1 is 0.654 bits per heavy atom. The van der Waals surface area contributed by atoms with Gasteiger partial charge in [0, 0.05) is 6.54 Å². The van der Waals surface area contributed by atoms with Crippen LogP contribution in [0.15, 0.2) is 11.4 Å². The molecule has 0 fully saturated rings. The van der Waals surface area contributed by atoms with Crippen molar-refractivity contribution in [2.45, 2.75) is 110 Å². The highest BCUT2D eigenvalue weighted by Gasteiger charge is 2.00. The summed E-state index contributed by atoms with van der Waals surface area (Å²) in [5, 5.41) is 20.3. The molecule has 0 saturated heterocycles. The smallest absolute Gasteiger partial charge is 0.169 e. The highest BCUT2D eigenvalue weighted by molar-refractivity contribution is 5.38. The van der Waals surface area contributed by atoms with Crippen LogP contribution in [0.2, 0.25) is 0 Å². The van der Waals surface area contributed by atoms with Gasteiger partial charge in [-0.05, 0) is 6.42 Å². The minimum atomic E-state index is -0.0264. The van der Waals surface area contributed by atoms with Crippen molar-refractivity contribution < 1.29 is 0 Å². The van der Waals surface area contributed by atoms with Crippen molar-refractivity contribution in [3.05, 3.63) is 11.4 Å². The lowest BCUT2D eigenvalue weighted by atomic mass is 10.0. The largest absolute Gasteiger partial charge is 0.384 e. The average molecular weight is 361 g/mol. The molecule has 0 atom stereocenters. The minimum Gasteiger partial charge on any atom is -0.384 e. The van der Waals surface area contributed by atoms with Crippen LogP contribution in [0.1, 0.15) is 110 Å². The Bertz CT molecular complexity index is 412. The predicted molar refractivity (Wildman–Crippen MR) is 110 cm³/mol. The van der Waals surface area contributed by atoms with Gasteiger partial charge in [0.05, 0.1) is 0 Å². The van der Waals surface area contributed by atoms with Crippen LogP contribution in [0.25, 0.3) is 0 Å². The third-order valence-electron chi connectivity index (χ3n) is 4.84. The SMILES string of the molecule is CCCCCCCCCCCCCCCCCCNC(N)=C(C#N)C#N. The summed E-state index contributed by atoms with van der Waals surface area (Å²) in [5.41, 5.74) is 5.60. The third kappa shape index (κ3) is 15.8. The van der Waals surface area contributed by atoms with Crippen molar-refractivity contribution >= 4 is 0 Å². The van der Waals surface area contributed by atoms with E-state index in [-0.39, 0.29) is 11.4 Å². The first-order chi connectivity index (χ1) is 12.8. The monoisotopic (exact) mass is 360 g/mol. The molecule has 148 valence electrons.